The summed E-state index contributed by atoms with van der Waals surface area (Å²) in [6.45, 7) is 1.94. The van der Waals surface area contributed by atoms with Gasteiger partial charge in [-0.15, -0.1) is 0 Å². The van der Waals surface area contributed by atoms with Crippen LogP contribution in [-0.2, 0) is 4.74 Å². The van der Waals surface area contributed by atoms with Crippen LogP contribution in [0.25, 0.3) is 0 Å². The number of hydrogen-bond donors (Lipinski definition) is 0. The molecule has 0 bridgehead atoms. The highest BCUT2D eigenvalue weighted by molar-refractivity contribution is 5.91. The van der Waals surface area contributed by atoms with Gasteiger partial charge in [-0.3, -0.25) is 20.0 Å². The van der Waals surface area contributed by atoms with Crippen LogP contribution in [0.3, 0.4) is 0 Å². The van der Waals surface area contributed by atoms with Crippen LogP contribution < -0.4 is 4.90 Å². The maximum atomic E-state index is 11.9. The average Bonchev–Trinajstić information content (AvgIpc) is 3.14. The maximum Gasteiger partial charge on any atom is 0.414 e. The minimum absolute atomic E-state index is 0.00912. The average molecular weight is 251 g/mol. The van der Waals surface area contributed by atoms with E-state index in [4.69, 9.17) is 4.74 Å². The Morgan fingerprint density at radius 2 is 2.39 bits per heavy atom. The smallest absolute Gasteiger partial charge is 0.414 e. The zero-order chi connectivity index (χ0) is 13.1. The standard InChI is InChI=1S/C11H13N3O4/c1-2-18-11(15)13(8-3-4-8)9-5-6-12-7-10(9)14(16)17/h5-8H,2-4H2,1H3. The number of nitro groups is 1. The normalized spacial score (nSPS) is 14.1. The number of amides is 1. The van der Waals surface area contributed by atoms with Crippen molar-refractivity contribution in [2.24, 2.45) is 0 Å². The van der Waals surface area contributed by atoms with E-state index in [-0.39, 0.29) is 24.0 Å². The zero-order valence-electron chi connectivity index (χ0n) is 9.91. The molecule has 0 aromatic carbocycles. The maximum absolute atomic E-state index is 11.9. The molecule has 1 fully saturated rings. The topological polar surface area (TPSA) is 85.6 Å². The summed E-state index contributed by atoms with van der Waals surface area (Å²) in [4.78, 5) is 27.3. The Morgan fingerprint density at radius 1 is 1.67 bits per heavy atom. The van der Waals surface area contributed by atoms with Gasteiger partial charge in [-0.05, 0) is 25.8 Å². The molecule has 0 atom stereocenters. The summed E-state index contributed by atoms with van der Waals surface area (Å²) in [5.41, 5.74) is 0.0633. The first-order valence-corrected chi connectivity index (χ1v) is 5.69. The lowest BCUT2D eigenvalue weighted by Gasteiger charge is -2.20. The molecule has 18 heavy (non-hydrogen) atoms. The second kappa shape index (κ2) is 4.99. The van der Waals surface area contributed by atoms with Crippen molar-refractivity contribution in [2.45, 2.75) is 25.8 Å². The van der Waals surface area contributed by atoms with E-state index in [1.165, 1.54) is 17.2 Å². The summed E-state index contributed by atoms with van der Waals surface area (Å²) >= 11 is 0. The van der Waals surface area contributed by atoms with Crippen LogP contribution in [0, 0.1) is 10.1 Å². The number of carbonyl (C=O) groups is 1. The quantitative estimate of drug-likeness (QED) is 0.604. The van der Waals surface area contributed by atoms with Gasteiger partial charge in [0, 0.05) is 12.2 Å². The number of carbonyl (C=O) groups excluding carboxylic acids is 1. The molecule has 1 aromatic rings. The lowest BCUT2D eigenvalue weighted by molar-refractivity contribution is -0.384. The molecular weight excluding hydrogens is 238 g/mol. The van der Waals surface area contributed by atoms with Crippen LogP contribution in [0.15, 0.2) is 18.5 Å². The summed E-state index contributed by atoms with van der Waals surface area (Å²) in [6.07, 6.45) is 3.69. The fourth-order valence-electron chi connectivity index (χ4n) is 1.69. The Bertz CT molecular complexity index is 473. The molecule has 0 N–H and O–H groups in total. The van der Waals surface area contributed by atoms with E-state index in [9.17, 15) is 14.9 Å². The van der Waals surface area contributed by atoms with E-state index in [1.54, 1.807) is 6.92 Å². The predicted octanol–water partition coefficient (Wildman–Crippen LogP) is 2.12. The molecular formula is C11H13N3O4. The minimum atomic E-state index is -0.547. The predicted molar refractivity (Wildman–Crippen MR) is 63.4 cm³/mol. The SMILES string of the molecule is CCOC(=O)N(c1ccncc1[N+](=O)[O-])C1CC1. The van der Waals surface area contributed by atoms with Crippen molar-refractivity contribution in [2.75, 3.05) is 11.5 Å². The second-order valence-corrected chi connectivity index (χ2v) is 3.92. The van der Waals surface area contributed by atoms with E-state index in [2.05, 4.69) is 4.98 Å². The Morgan fingerprint density at radius 3 is 2.94 bits per heavy atom. The van der Waals surface area contributed by atoms with E-state index in [0.717, 1.165) is 19.0 Å². The van der Waals surface area contributed by atoms with Crippen molar-refractivity contribution in [3.8, 4) is 0 Å². The Balaban J connectivity index is 2.36. The van der Waals surface area contributed by atoms with Crippen molar-refractivity contribution in [3.63, 3.8) is 0 Å². The third-order valence-corrected chi connectivity index (χ3v) is 2.61. The molecule has 1 aliphatic rings. The van der Waals surface area contributed by atoms with Gasteiger partial charge in [-0.1, -0.05) is 0 Å². The molecule has 7 nitrogen and oxygen atoms in total. The van der Waals surface area contributed by atoms with Crippen LogP contribution in [0.1, 0.15) is 19.8 Å². The van der Waals surface area contributed by atoms with Crippen molar-refractivity contribution >= 4 is 17.5 Å². The highest BCUT2D eigenvalue weighted by atomic mass is 16.6. The number of aromatic nitrogens is 1. The van der Waals surface area contributed by atoms with Gasteiger partial charge in [0.1, 0.15) is 11.9 Å². The van der Waals surface area contributed by atoms with Crippen molar-refractivity contribution in [1.29, 1.82) is 0 Å². The Hall–Kier alpha value is -2.18. The first-order valence-electron chi connectivity index (χ1n) is 5.69. The number of ether oxygens (including phenoxy) is 1. The van der Waals surface area contributed by atoms with E-state index in [0.29, 0.717) is 0 Å². The van der Waals surface area contributed by atoms with Crippen LogP contribution >= 0.6 is 0 Å². The monoisotopic (exact) mass is 251 g/mol. The van der Waals surface area contributed by atoms with Gasteiger partial charge in [0.15, 0.2) is 0 Å². The third-order valence-electron chi connectivity index (χ3n) is 2.61. The van der Waals surface area contributed by atoms with Gasteiger partial charge >= 0.3 is 11.8 Å². The van der Waals surface area contributed by atoms with E-state index >= 15 is 0 Å². The van der Waals surface area contributed by atoms with E-state index < -0.39 is 11.0 Å². The molecule has 0 unspecified atom stereocenters. The highest BCUT2D eigenvalue weighted by Gasteiger charge is 2.38. The zero-order valence-corrected chi connectivity index (χ0v) is 9.91. The van der Waals surface area contributed by atoms with E-state index in [1.807, 2.05) is 0 Å². The lowest BCUT2D eigenvalue weighted by Crippen LogP contribution is -2.34. The van der Waals surface area contributed by atoms with Crippen molar-refractivity contribution in [3.05, 3.63) is 28.6 Å². The van der Waals surface area contributed by atoms with Crippen LogP contribution in [0.4, 0.5) is 16.2 Å². The molecule has 7 heteroatoms. The molecule has 1 saturated carbocycles. The van der Waals surface area contributed by atoms with Gasteiger partial charge in [0.25, 0.3) is 0 Å². The summed E-state index contributed by atoms with van der Waals surface area (Å²) in [7, 11) is 0. The molecule has 1 aliphatic carbocycles. The van der Waals surface area contributed by atoms with Gasteiger partial charge in [-0.25, -0.2) is 4.79 Å². The Kier molecular flexibility index (Phi) is 3.40. The van der Waals surface area contributed by atoms with Gasteiger partial charge in [-0.2, -0.15) is 0 Å². The largest absolute Gasteiger partial charge is 0.449 e. The van der Waals surface area contributed by atoms with Crippen LogP contribution in [0.5, 0.6) is 0 Å². The van der Waals surface area contributed by atoms with Crippen LogP contribution in [0.2, 0.25) is 0 Å². The number of hydrogen-bond acceptors (Lipinski definition) is 5. The second-order valence-electron chi connectivity index (χ2n) is 3.92. The molecule has 0 spiro atoms. The lowest BCUT2D eigenvalue weighted by atomic mass is 10.3. The minimum Gasteiger partial charge on any atom is -0.449 e. The van der Waals surface area contributed by atoms with Crippen molar-refractivity contribution < 1.29 is 14.5 Å². The van der Waals surface area contributed by atoms with Crippen molar-refractivity contribution in [1.82, 2.24) is 4.98 Å². The summed E-state index contributed by atoms with van der Waals surface area (Å²) in [6, 6.07) is 1.46. The number of nitrogens with zero attached hydrogens (tertiary/aromatic N) is 3. The van der Waals surface area contributed by atoms with Gasteiger partial charge < -0.3 is 4.74 Å². The fraction of sp³-hybridized carbons (Fsp3) is 0.455. The number of pyridine rings is 1. The first-order chi connectivity index (χ1) is 8.65. The summed E-state index contributed by atoms with van der Waals surface area (Å²) in [5.74, 6) is 0. The molecule has 96 valence electrons. The highest BCUT2D eigenvalue weighted by Crippen LogP contribution is 2.36. The third kappa shape index (κ3) is 2.39. The van der Waals surface area contributed by atoms with Gasteiger partial charge in [0.2, 0.25) is 0 Å². The summed E-state index contributed by atoms with van der Waals surface area (Å²) < 4.78 is 4.94. The van der Waals surface area contributed by atoms with Gasteiger partial charge in [0.05, 0.1) is 11.5 Å². The fourth-order valence-corrected chi connectivity index (χ4v) is 1.69. The van der Waals surface area contributed by atoms with Crippen LogP contribution in [-0.4, -0.2) is 28.6 Å². The first kappa shape index (κ1) is 12.3. The molecule has 1 aromatic heterocycles. The number of anilines is 1. The molecule has 1 heterocycles. The molecule has 2 rings (SSSR count). The Labute approximate surface area is 104 Å². The molecule has 0 aliphatic heterocycles. The molecule has 1 amide bonds. The summed E-state index contributed by atoms with van der Waals surface area (Å²) in [5, 5.41) is 10.9. The molecule has 0 radical (unpaired) electrons. The number of rotatable bonds is 4. The molecule has 0 saturated heterocycles.